The number of ether oxygens (including phenoxy) is 1. The molecule has 1 aromatic carbocycles. The molecule has 0 heterocycles. The van der Waals surface area contributed by atoms with Crippen LogP contribution in [-0.4, -0.2) is 17.5 Å². The first kappa shape index (κ1) is 13.2. The molecule has 0 bridgehead atoms. The van der Waals surface area contributed by atoms with Gasteiger partial charge in [0.1, 0.15) is 6.61 Å². The van der Waals surface area contributed by atoms with Crippen molar-refractivity contribution in [3.63, 3.8) is 0 Å². The Bertz CT molecular complexity index is 375. The normalized spacial score (nSPS) is 23.4. The summed E-state index contributed by atoms with van der Waals surface area (Å²) in [6.07, 6.45) is 3.47. The zero-order valence-electron chi connectivity index (χ0n) is 10.3. The minimum atomic E-state index is -0.336. The molecule has 0 atom stereocenters. The van der Waals surface area contributed by atoms with Crippen LogP contribution >= 0.6 is 11.6 Å². The monoisotopic (exact) mass is 267 g/mol. The van der Waals surface area contributed by atoms with Gasteiger partial charge in [0.2, 0.25) is 0 Å². The van der Waals surface area contributed by atoms with Crippen LogP contribution in [0.1, 0.15) is 31.2 Å². The largest absolute Gasteiger partial charge is 0.445 e. The maximum atomic E-state index is 11.6. The number of alkyl halides is 1. The lowest BCUT2D eigenvalue weighted by molar-refractivity contribution is 0.133. The summed E-state index contributed by atoms with van der Waals surface area (Å²) < 4.78 is 5.17. The lowest BCUT2D eigenvalue weighted by Crippen LogP contribution is -2.38. The van der Waals surface area contributed by atoms with Crippen LogP contribution < -0.4 is 5.32 Å². The van der Waals surface area contributed by atoms with Gasteiger partial charge in [-0.3, -0.25) is 0 Å². The predicted octanol–water partition coefficient (Wildman–Crippen LogP) is 3.46. The predicted molar refractivity (Wildman–Crippen MR) is 71.7 cm³/mol. The molecule has 0 aliphatic heterocycles. The molecular weight excluding hydrogens is 250 g/mol. The Kier molecular flexibility index (Phi) is 4.88. The average molecular weight is 268 g/mol. The van der Waals surface area contributed by atoms with Crippen molar-refractivity contribution in [3.8, 4) is 0 Å². The summed E-state index contributed by atoms with van der Waals surface area (Å²) >= 11 is 6.02. The number of halogens is 1. The van der Waals surface area contributed by atoms with E-state index in [9.17, 15) is 4.79 Å². The Balaban J connectivity index is 1.69. The van der Waals surface area contributed by atoms with E-state index in [4.69, 9.17) is 16.3 Å². The molecule has 4 heteroatoms. The number of nitrogens with one attached hydrogen (secondary N) is 1. The second kappa shape index (κ2) is 6.64. The summed E-state index contributed by atoms with van der Waals surface area (Å²) in [5, 5.41) is 3.16. The minimum absolute atomic E-state index is 0.211. The second-order valence-electron chi connectivity index (χ2n) is 4.65. The number of benzene rings is 1. The first-order valence-corrected chi connectivity index (χ1v) is 6.79. The number of hydrogen-bond donors (Lipinski definition) is 1. The summed E-state index contributed by atoms with van der Waals surface area (Å²) in [7, 11) is 0. The quantitative estimate of drug-likeness (QED) is 0.852. The van der Waals surface area contributed by atoms with Crippen molar-refractivity contribution in [2.45, 2.75) is 43.7 Å². The van der Waals surface area contributed by atoms with E-state index in [-0.39, 0.29) is 17.5 Å². The molecule has 1 aliphatic carbocycles. The van der Waals surface area contributed by atoms with Crippen molar-refractivity contribution in [1.29, 1.82) is 0 Å². The molecule has 0 spiro atoms. The van der Waals surface area contributed by atoms with Gasteiger partial charge in [0, 0.05) is 11.4 Å². The van der Waals surface area contributed by atoms with Crippen molar-refractivity contribution in [2.24, 2.45) is 0 Å². The highest BCUT2D eigenvalue weighted by molar-refractivity contribution is 6.20. The number of carbonyl (C=O) groups excluding carboxylic acids is 1. The van der Waals surface area contributed by atoms with E-state index >= 15 is 0 Å². The zero-order chi connectivity index (χ0) is 12.8. The van der Waals surface area contributed by atoms with Crippen LogP contribution in [0.25, 0.3) is 0 Å². The fourth-order valence-corrected chi connectivity index (χ4v) is 2.38. The van der Waals surface area contributed by atoms with Crippen LogP contribution in [0.15, 0.2) is 30.3 Å². The highest BCUT2D eigenvalue weighted by atomic mass is 35.5. The number of carbonyl (C=O) groups is 1. The van der Waals surface area contributed by atoms with Gasteiger partial charge in [0.25, 0.3) is 0 Å². The van der Waals surface area contributed by atoms with E-state index in [0.717, 1.165) is 31.2 Å². The molecule has 98 valence electrons. The zero-order valence-corrected chi connectivity index (χ0v) is 11.0. The highest BCUT2D eigenvalue weighted by Gasteiger charge is 2.21. The number of amides is 1. The molecule has 0 aromatic heterocycles. The lowest BCUT2D eigenvalue weighted by atomic mass is 9.95. The van der Waals surface area contributed by atoms with Gasteiger partial charge in [-0.25, -0.2) is 4.79 Å². The highest BCUT2D eigenvalue weighted by Crippen LogP contribution is 2.22. The van der Waals surface area contributed by atoms with Crippen molar-refractivity contribution in [1.82, 2.24) is 5.32 Å². The van der Waals surface area contributed by atoms with E-state index in [0.29, 0.717) is 6.61 Å². The third-order valence-electron chi connectivity index (χ3n) is 3.19. The summed E-state index contributed by atoms with van der Waals surface area (Å²) in [4.78, 5) is 11.6. The standard InChI is InChI=1S/C14H18ClNO2/c15-12-6-8-13(9-7-12)16-14(17)18-10-11-4-2-1-3-5-11/h1-5,12-13H,6-10H2,(H,16,17). The third kappa shape index (κ3) is 4.22. The van der Waals surface area contributed by atoms with Crippen LogP contribution in [-0.2, 0) is 11.3 Å². The Hall–Kier alpha value is -1.22. The number of hydrogen-bond acceptors (Lipinski definition) is 2. The van der Waals surface area contributed by atoms with Gasteiger partial charge in [-0.1, -0.05) is 30.3 Å². The molecule has 18 heavy (non-hydrogen) atoms. The average Bonchev–Trinajstić information content (AvgIpc) is 2.40. The molecule has 1 fully saturated rings. The minimum Gasteiger partial charge on any atom is -0.445 e. The van der Waals surface area contributed by atoms with Crippen LogP contribution in [0.3, 0.4) is 0 Å². The van der Waals surface area contributed by atoms with Crippen molar-refractivity contribution >= 4 is 17.7 Å². The van der Waals surface area contributed by atoms with Crippen LogP contribution in [0.4, 0.5) is 4.79 Å². The van der Waals surface area contributed by atoms with Gasteiger partial charge in [0.15, 0.2) is 0 Å². The molecule has 3 nitrogen and oxygen atoms in total. The first-order chi connectivity index (χ1) is 8.74. The Morgan fingerprint density at radius 1 is 1.22 bits per heavy atom. The topological polar surface area (TPSA) is 38.3 Å². The van der Waals surface area contributed by atoms with Gasteiger partial charge in [-0.05, 0) is 31.2 Å². The maximum absolute atomic E-state index is 11.6. The third-order valence-corrected chi connectivity index (χ3v) is 3.63. The first-order valence-electron chi connectivity index (χ1n) is 6.35. The molecule has 0 radical (unpaired) electrons. The fraction of sp³-hybridized carbons (Fsp3) is 0.500. The van der Waals surface area contributed by atoms with Crippen LogP contribution in [0, 0.1) is 0 Å². The summed E-state index contributed by atoms with van der Waals surface area (Å²) in [6.45, 7) is 0.317. The Morgan fingerprint density at radius 2 is 1.89 bits per heavy atom. The van der Waals surface area contributed by atoms with Gasteiger partial charge >= 0.3 is 6.09 Å². The summed E-state index contributed by atoms with van der Waals surface area (Å²) in [5.74, 6) is 0. The van der Waals surface area contributed by atoms with E-state index in [2.05, 4.69) is 5.32 Å². The smallest absolute Gasteiger partial charge is 0.407 e. The summed E-state index contributed by atoms with van der Waals surface area (Å²) in [5.41, 5.74) is 0.997. The molecule has 1 N–H and O–H groups in total. The van der Waals surface area contributed by atoms with Crippen molar-refractivity contribution < 1.29 is 9.53 Å². The number of rotatable bonds is 3. The van der Waals surface area contributed by atoms with Gasteiger partial charge in [-0.2, -0.15) is 0 Å². The SMILES string of the molecule is O=C(NC1CCC(Cl)CC1)OCc1ccccc1. The van der Waals surface area contributed by atoms with E-state index in [1.54, 1.807) is 0 Å². The maximum Gasteiger partial charge on any atom is 0.407 e. The fourth-order valence-electron chi connectivity index (χ4n) is 2.13. The van der Waals surface area contributed by atoms with E-state index < -0.39 is 0 Å². The molecule has 0 saturated heterocycles. The van der Waals surface area contributed by atoms with Crippen LogP contribution in [0.2, 0.25) is 0 Å². The Labute approximate surface area is 112 Å². The summed E-state index contributed by atoms with van der Waals surface area (Å²) in [6, 6.07) is 9.88. The second-order valence-corrected chi connectivity index (χ2v) is 5.27. The van der Waals surface area contributed by atoms with Crippen LogP contribution in [0.5, 0.6) is 0 Å². The molecule has 1 saturated carbocycles. The number of alkyl carbamates (subject to hydrolysis) is 1. The molecular formula is C14H18ClNO2. The van der Waals surface area contributed by atoms with Gasteiger partial charge in [-0.15, -0.1) is 11.6 Å². The Morgan fingerprint density at radius 3 is 2.56 bits per heavy atom. The van der Waals surface area contributed by atoms with E-state index in [1.807, 2.05) is 30.3 Å². The van der Waals surface area contributed by atoms with Crippen molar-refractivity contribution in [3.05, 3.63) is 35.9 Å². The van der Waals surface area contributed by atoms with Gasteiger partial charge in [0.05, 0.1) is 0 Å². The molecule has 1 amide bonds. The molecule has 1 aromatic rings. The lowest BCUT2D eigenvalue weighted by Gasteiger charge is -2.25. The van der Waals surface area contributed by atoms with Crippen molar-refractivity contribution in [2.75, 3.05) is 0 Å². The molecule has 0 unspecified atom stereocenters. The molecule has 2 rings (SSSR count). The van der Waals surface area contributed by atoms with Gasteiger partial charge < -0.3 is 10.1 Å². The van der Waals surface area contributed by atoms with E-state index in [1.165, 1.54) is 0 Å². The molecule has 1 aliphatic rings.